The maximum atomic E-state index is 12.9. The second-order valence-corrected chi connectivity index (χ2v) is 9.28. The number of anilines is 1. The molecule has 9 heteroatoms. The molecular formula is C21H19N5O2S2. The number of aromatic amines is 1. The molecule has 0 bridgehead atoms. The Morgan fingerprint density at radius 2 is 2.13 bits per heavy atom. The summed E-state index contributed by atoms with van der Waals surface area (Å²) in [6.45, 7) is 0.403. The van der Waals surface area contributed by atoms with E-state index in [2.05, 4.69) is 26.6 Å². The standard InChI is InChI=1S/C21H19N5O2S2/c27-19-8-7-17(26(19)12-13-11-22-16-6-2-1-5-15(13)16)20(28)23-21-25-24-18(30-21)10-14-4-3-9-29-14/h1-6,9,11,17,22H,7-8,10,12H2,(H,23,25,28). The van der Waals surface area contributed by atoms with Crippen molar-refractivity contribution in [3.8, 4) is 0 Å². The van der Waals surface area contributed by atoms with Crippen LogP contribution in [0.4, 0.5) is 5.13 Å². The van der Waals surface area contributed by atoms with Crippen LogP contribution in [0.1, 0.15) is 28.3 Å². The van der Waals surface area contributed by atoms with Crippen molar-refractivity contribution < 1.29 is 9.59 Å². The van der Waals surface area contributed by atoms with E-state index in [0.29, 0.717) is 30.9 Å². The average Bonchev–Trinajstić information content (AvgIpc) is 3.53. The molecule has 152 valence electrons. The summed E-state index contributed by atoms with van der Waals surface area (Å²) in [4.78, 5) is 31.5. The number of likely N-dealkylation sites (tertiary alicyclic amines) is 1. The van der Waals surface area contributed by atoms with Gasteiger partial charge in [-0.15, -0.1) is 21.5 Å². The topological polar surface area (TPSA) is 91.0 Å². The number of amides is 2. The minimum atomic E-state index is -0.504. The lowest BCUT2D eigenvalue weighted by atomic mass is 10.1. The minimum absolute atomic E-state index is 0.00363. The van der Waals surface area contributed by atoms with Crippen molar-refractivity contribution in [2.45, 2.75) is 31.8 Å². The van der Waals surface area contributed by atoms with E-state index < -0.39 is 6.04 Å². The third kappa shape index (κ3) is 3.73. The van der Waals surface area contributed by atoms with Crippen LogP contribution in [0.2, 0.25) is 0 Å². The summed E-state index contributed by atoms with van der Waals surface area (Å²) in [5, 5.41) is 15.6. The van der Waals surface area contributed by atoms with Crippen LogP contribution < -0.4 is 5.32 Å². The molecule has 0 radical (unpaired) electrons. The highest BCUT2D eigenvalue weighted by atomic mass is 32.1. The van der Waals surface area contributed by atoms with Gasteiger partial charge in [-0.05, 0) is 29.5 Å². The van der Waals surface area contributed by atoms with Crippen LogP contribution >= 0.6 is 22.7 Å². The van der Waals surface area contributed by atoms with Gasteiger partial charge in [-0.25, -0.2) is 0 Å². The molecule has 1 aliphatic heterocycles. The zero-order valence-electron chi connectivity index (χ0n) is 16.0. The normalized spacial score (nSPS) is 16.5. The van der Waals surface area contributed by atoms with E-state index in [4.69, 9.17) is 0 Å². The molecule has 30 heavy (non-hydrogen) atoms. The van der Waals surface area contributed by atoms with Crippen LogP contribution in [0.3, 0.4) is 0 Å². The predicted octanol–water partition coefficient (Wildman–Crippen LogP) is 3.80. The summed E-state index contributed by atoms with van der Waals surface area (Å²) < 4.78 is 0. The Morgan fingerprint density at radius 1 is 1.23 bits per heavy atom. The van der Waals surface area contributed by atoms with E-state index in [0.717, 1.165) is 21.5 Å². The number of hydrogen-bond acceptors (Lipinski definition) is 6. The Labute approximate surface area is 180 Å². The molecule has 7 nitrogen and oxygen atoms in total. The van der Waals surface area contributed by atoms with Crippen LogP contribution in [-0.2, 0) is 22.6 Å². The quantitative estimate of drug-likeness (QED) is 0.480. The molecule has 1 atom stereocenters. The number of fused-ring (bicyclic) bond motifs is 1. The molecule has 2 amide bonds. The maximum Gasteiger partial charge on any atom is 0.249 e. The zero-order valence-corrected chi connectivity index (χ0v) is 17.6. The molecule has 0 spiro atoms. The molecule has 2 N–H and O–H groups in total. The monoisotopic (exact) mass is 437 g/mol. The van der Waals surface area contributed by atoms with E-state index in [1.807, 2.05) is 41.9 Å². The fourth-order valence-corrected chi connectivity index (χ4v) is 5.34. The van der Waals surface area contributed by atoms with Gasteiger partial charge in [0.1, 0.15) is 11.0 Å². The molecule has 1 unspecified atom stereocenters. The fraction of sp³-hybridized carbons (Fsp3) is 0.238. The van der Waals surface area contributed by atoms with E-state index in [-0.39, 0.29) is 11.8 Å². The zero-order chi connectivity index (χ0) is 20.5. The molecule has 1 saturated heterocycles. The highest BCUT2D eigenvalue weighted by Crippen LogP contribution is 2.27. The summed E-state index contributed by atoms with van der Waals surface area (Å²) in [5.41, 5.74) is 2.03. The van der Waals surface area contributed by atoms with Gasteiger partial charge in [-0.2, -0.15) is 0 Å². The summed E-state index contributed by atoms with van der Waals surface area (Å²) in [7, 11) is 0. The highest BCUT2D eigenvalue weighted by Gasteiger charge is 2.36. The van der Waals surface area contributed by atoms with Gasteiger partial charge in [0, 0.05) is 41.4 Å². The van der Waals surface area contributed by atoms with Crippen molar-refractivity contribution in [3.63, 3.8) is 0 Å². The third-order valence-electron chi connectivity index (χ3n) is 5.25. The Bertz CT molecular complexity index is 1200. The lowest BCUT2D eigenvalue weighted by Crippen LogP contribution is -2.41. The number of hydrogen-bond donors (Lipinski definition) is 2. The van der Waals surface area contributed by atoms with Crippen LogP contribution in [0.5, 0.6) is 0 Å². The maximum absolute atomic E-state index is 12.9. The number of nitrogens with one attached hydrogen (secondary N) is 2. The fourth-order valence-electron chi connectivity index (χ4n) is 3.78. The SMILES string of the molecule is O=C(Nc1nnc(Cc2cccs2)s1)C1CCC(=O)N1Cc1c[nH]c2ccccc12. The molecule has 1 aliphatic rings. The first-order chi connectivity index (χ1) is 14.7. The Morgan fingerprint density at radius 3 is 3.00 bits per heavy atom. The molecule has 4 heterocycles. The minimum Gasteiger partial charge on any atom is -0.361 e. The summed E-state index contributed by atoms with van der Waals surface area (Å²) in [6, 6.07) is 11.5. The van der Waals surface area contributed by atoms with Gasteiger partial charge in [0.2, 0.25) is 16.9 Å². The smallest absolute Gasteiger partial charge is 0.249 e. The number of thiophene rings is 1. The lowest BCUT2D eigenvalue weighted by molar-refractivity contribution is -0.133. The molecular weight excluding hydrogens is 418 g/mol. The Kier molecular flexibility index (Phi) is 5.06. The first-order valence-electron chi connectivity index (χ1n) is 9.67. The van der Waals surface area contributed by atoms with Crippen LogP contribution in [-0.4, -0.2) is 37.9 Å². The number of rotatable bonds is 6. The summed E-state index contributed by atoms with van der Waals surface area (Å²) in [5.74, 6) is -0.212. The molecule has 0 aliphatic carbocycles. The number of carbonyl (C=O) groups excluding carboxylic acids is 2. The summed E-state index contributed by atoms with van der Waals surface area (Å²) >= 11 is 3.04. The van der Waals surface area contributed by atoms with Crippen molar-refractivity contribution in [2.24, 2.45) is 0 Å². The second kappa shape index (κ2) is 8.00. The molecule has 1 fully saturated rings. The lowest BCUT2D eigenvalue weighted by Gasteiger charge is -2.23. The van der Waals surface area contributed by atoms with Gasteiger partial charge >= 0.3 is 0 Å². The largest absolute Gasteiger partial charge is 0.361 e. The van der Waals surface area contributed by atoms with Crippen molar-refractivity contribution in [3.05, 3.63) is 63.4 Å². The van der Waals surface area contributed by atoms with Crippen LogP contribution in [0.25, 0.3) is 10.9 Å². The average molecular weight is 438 g/mol. The van der Waals surface area contributed by atoms with Crippen molar-refractivity contribution in [1.82, 2.24) is 20.1 Å². The Hall–Kier alpha value is -3.04. The first kappa shape index (κ1) is 19.0. The first-order valence-corrected chi connectivity index (χ1v) is 11.4. The number of aromatic nitrogens is 3. The van der Waals surface area contributed by atoms with Gasteiger partial charge in [0.05, 0.1) is 0 Å². The van der Waals surface area contributed by atoms with Gasteiger partial charge < -0.3 is 9.88 Å². The molecule has 0 saturated carbocycles. The van der Waals surface area contributed by atoms with Gasteiger partial charge in [-0.1, -0.05) is 35.6 Å². The molecule has 3 aromatic heterocycles. The number of benzene rings is 1. The number of H-pyrrole nitrogens is 1. The van der Waals surface area contributed by atoms with E-state index in [9.17, 15) is 9.59 Å². The van der Waals surface area contributed by atoms with E-state index >= 15 is 0 Å². The third-order valence-corrected chi connectivity index (χ3v) is 6.96. The van der Waals surface area contributed by atoms with Gasteiger partial charge in [0.25, 0.3) is 0 Å². The van der Waals surface area contributed by atoms with Crippen LogP contribution in [0, 0.1) is 0 Å². The second-order valence-electron chi connectivity index (χ2n) is 7.18. The predicted molar refractivity (Wildman–Crippen MR) is 118 cm³/mol. The number of para-hydroxylation sites is 1. The molecule has 4 aromatic rings. The molecule has 5 rings (SSSR count). The number of carbonyl (C=O) groups is 2. The van der Waals surface area contributed by atoms with E-state index in [1.54, 1.807) is 16.2 Å². The van der Waals surface area contributed by atoms with Crippen molar-refractivity contribution in [1.29, 1.82) is 0 Å². The van der Waals surface area contributed by atoms with Gasteiger partial charge in [0.15, 0.2) is 0 Å². The van der Waals surface area contributed by atoms with Gasteiger partial charge in [-0.3, -0.25) is 14.9 Å². The van der Waals surface area contributed by atoms with Crippen molar-refractivity contribution >= 4 is 50.5 Å². The van der Waals surface area contributed by atoms with Crippen LogP contribution in [0.15, 0.2) is 48.0 Å². The highest BCUT2D eigenvalue weighted by molar-refractivity contribution is 7.15. The van der Waals surface area contributed by atoms with E-state index in [1.165, 1.54) is 16.2 Å². The Balaban J connectivity index is 1.28. The summed E-state index contributed by atoms with van der Waals surface area (Å²) in [6.07, 6.45) is 3.50. The molecule has 1 aromatic carbocycles. The number of nitrogens with zero attached hydrogens (tertiary/aromatic N) is 3. The van der Waals surface area contributed by atoms with Crippen molar-refractivity contribution in [2.75, 3.05) is 5.32 Å².